The molecule has 17 heavy (non-hydrogen) atoms. The van der Waals surface area contributed by atoms with Crippen LogP contribution in [-0.2, 0) is 0 Å². The third-order valence-electron chi connectivity index (χ3n) is 3.38. The van der Waals surface area contributed by atoms with Crippen molar-refractivity contribution in [3.05, 3.63) is 53.6 Å². The summed E-state index contributed by atoms with van der Waals surface area (Å²) >= 11 is 0. The van der Waals surface area contributed by atoms with E-state index in [0.29, 0.717) is 6.42 Å². The molecule has 1 aromatic rings. The molecule has 2 aliphatic rings. The van der Waals surface area contributed by atoms with Gasteiger partial charge in [0.05, 0.1) is 6.10 Å². The van der Waals surface area contributed by atoms with Gasteiger partial charge in [0, 0.05) is 12.0 Å². The molecule has 0 aromatic heterocycles. The monoisotopic (exact) mass is 228 g/mol. The number of para-hydroxylation sites is 1. The summed E-state index contributed by atoms with van der Waals surface area (Å²) in [6.45, 7) is 0. The van der Waals surface area contributed by atoms with Crippen LogP contribution in [-0.4, -0.2) is 11.2 Å². The second kappa shape index (κ2) is 4.38. The van der Waals surface area contributed by atoms with Crippen molar-refractivity contribution in [3.63, 3.8) is 0 Å². The highest BCUT2D eigenvalue weighted by Crippen LogP contribution is 2.37. The van der Waals surface area contributed by atoms with Crippen molar-refractivity contribution in [1.82, 2.24) is 0 Å². The minimum Gasteiger partial charge on any atom is -0.485 e. The highest BCUT2D eigenvalue weighted by molar-refractivity contribution is 5.40. The predicted octanol–water partition coefficient (Wildman–Crippen LogP) is 3.15. The first kappa shape index (κ1) is 10.6. The van der Waals surface area contributed by atoms with Crippen LogP contribution in [0.3, 0.4) is 0 Å². The molecule has 1 N–H and O–H groups in total. The van der Waals surface area contributed by atoms with Crippen molar-refractivity contribution >= 4 is 0 Å². The van der Waals surface area contributed by atoms with Gasteiger partial charge in [0.15, 0.2) is 0 Å². The molecule has 2 unspecified atom stereocenters. The summed E-state index contributed by atoms with van der Waals surface area (Å²) in [5, 5.41) is 10.1. The van der Waals surface area contributed by atoms with Crippen LogP contribution < -0.4 is 4.74 Å². The van der Waals surface area contributed by atoms with Crippen LogP contribution in [0.15, 0.2) is 48.1 Å². The molecule has 2 nitrogen and oxygen atoms in total. The van der Waals surface area contributed by atoms with E-state index < -0.39 is 6.10 Å². The SMILES string of the molecule is OC1CC(C2=CCCC=C2)Oc2ccccc21. The van der Waals surface area contributed by atoms with Crippen LogP contribution in [0.4, 0.5) is 0 Å². The molecule has 0 fully saturated rings. The number of allylic oxidation sites excluding steroid dienone is 2. The topological polar surface area (TPSA) is 29.5 Å². The van der Waals surface area contributed by atoms with Crippen LogP contribution in [0.25, 0.3) is 0 Å². The summed E-state index contributed by atoms with van der Waals surface area (Å²) in [7, 11) is 0. The maximum Gasteiger partial charge on any atom is 0.126 e. The molecule has 2 atom stereocenters. The van der Waals surface area contributed by atoms with Crippen LogP contribution in [0.1, 0.15) is 30.9 Å². The van der Waals surface area contributed by atoms with Gasteiger partial charge in [-0.15, -0.1) is 0 Å². The van der Waals surface area contributed by atoms with Gasteiger partial charge in [-0.1, -0.05) is 36.4 Å². The van der Waals surface area contributed by atoms with Gasteiger partial charge in [-0.2, -0.15) is 0 Å². The molecular weight excluding hydrogens is 212 g/mol. The second-order valence-electron chi connectivity index (χ2n) is 4.58. The standard InChI is InChI=1S/C15H16O2/c16-13-10-15(11-6-2-1-3-7-11)17-14-9-5-4-8-12(13)14/h2,4-9,13,15-16H,1,3,10H2. The highest BCUT2D eigenvalue weighted by Gasteiger charge is 2.28. The van der Waals surface area contributed by atoms with E-state index in [4.69, 9.17) is 4.74 Å². The normalized spacial score (nSPS) is 27.0. The van der Waals surface area contributed by atoms with Gasteiger partial charge < -0.3 is 9.84 Å². The lowest BCUT2D eigenvalue weighted by molar-refractivity contribution is 0.0834. The number of rotatable bonds is 1. The highest BCUT2D eigenvalue weighted by atomic mass is 16.5. The summed E-state index contributed by atoms with van der Waals surface area (Å²) < 4.78 is 5.96. The molecule has 0 saturated heterocycles. The van der Waals surface area contributed by atoms with Crippen LogP contribution in [0.2, 0.25) is 0 Å². The number of hydrogen-bond donors (Lipinski definition) is 1. The Morgan fingerprint density at radius 1 is 1.18 bits per heavy atom. The Balaban J connectivity index is 1.88. The van der Waals surface area contributed by atoms with E-state index >= 15 is 0 Å². The Morgan fingerprint density at radius 3 is 2.88 bits per heavy atom. The zero-order valence-electron chi connectivity index (χ0n) is 9.67. The minimum absolute atomic E-state index is 0.00329. The molecule has 0 radical (unpaired) electrons. The number of hydrogen-bond acceptors (Lipinski definition) is 2. The van der Waals surface area contributed by atoms with E-state index in [9.17, 15) is 5.11 Å². The average molecular weight is 228 g/mol. The average Bonchev–Trinajstić information content (AvgIpc) is 2.40. The van der Waals surface area contributed by atoms with Gasteiger partial charge in [-0.3, -0.25) is 0 Å². The van der Waals surface area contributed by atoms with Crippen molar-refractivity contribution in [2.45, 2.75) is 31.5 Å². The molecule has 88 valence electrons. The largest absolute Gasteiger partial charge is 0.485 e. The third kappa shape index (κ3) is 2.01. The summed E-state index contributed by atoms with van der Waals surface area (Å²) in [6.07, 6.45) is 8.91. The molecule has 0 spiro atoms. The molecule has 0 amide bonds. The van der Waals surface area contributed by atoms with Gasteiger partial charge in [0.25, 0.3) is 0 Å². The molecule has 1 aromatic carbocycles. The number of fused-ring (bicyclic) bond motifs is 1. The van der Waals surface area contributed by atoms with Crippen molar-refractivity contribution in [2.24, 2.45) is 0 Å². The Bertz CT molecular complexity index is 474. The Hall–Kier alpha value is -1.54. The summed E-state index contributed by atoms with van der Waals surface area (Å²) in [6, 6.07) is 7.74. The van der Waals surface area contributed by atoms with Gasteiger partial charge in [0.2, 0.25) is 0 Å². The van der Waals surface area contributed by atoms with E-state index in [2.05, 4.69) is 18.2 Å². The lowest BCUT2D eigenvalue weighted by Gasteiger charge is -2.31. The summed E-state index contributed by atoms with van der Waals surface area (Å²) in [5.41, 5.74) is 2.11. The zero-order valence-corrected chi connectivity index (χ0v) is 9.67. The van der Waals surface area contributed by atoms with Gasteiger partial charge in [-0.25, -0.2) is 0 Å². The Morgan fingerprint density at radius 2 is 2.06 bits per heavy atom. The second-order valence-corrected chi connectivity index (χ2v) is 4.58. The van der Waals surface area contributed by atoms with Crippen LogP contribution in [0, 0.1) is 0 Å². The minimum atomic E-state index is -0.416. The van der Waals surface area contributed by atoms with E-state index in [-0.39, 0.29) is 6.10 Å². The fraction of sp³-hybridized carbons (Fsp3) is 0.333. The van der Waals surface area contributed by atoms with Crippen molar-refractivity contribution in [1.29, 1.82) is 0 Å². The fourth-order valence-corrected chi connectivity index (χ4v) is 2.47. The maximum atomic E-state index is 10.1. The molecule has 0 saturated carbocycles. The number of aliphatic hydroxyl groups is 1. The molecule has 1 aliphatic heterocycles. The first-order valence-corrected chi connectivity index (χ1v) is 6.15. The maximum absolute atomic E-state index is 10.1. The van der Waals surface area contributed by atoms with E-state index in [1.807, 2.05) is 24.3 Å². The van der Waals surface area contributed by atoms with Gasteiger partial charge in [0.1, 0.15) is 11.9 Å². The first-order chi connectivity index (χ1) is 8.34. The van der Waals surface area contributed by atoms with Crippen molar-refractivity contribution in [3.8, 4) is 5.75 Å². The van der Waals surface area contributed by atoms with E-state index in [1.54, 1.807) is 0 Å². The van der Waals surface area contributed by atoms with Gasteiger partial charge >= 0.3 is 0 Å². The molecule has 1 aliphatic carbocycles. The van der Waals surface area contributed by atoms with Gasteiger partial charge in [-0.05, 0) is 24.5 Å². The summed E-state index contributed by atoms with van der Waals surface area (Å²) in [4.78, 5) is 0. The van der Waals surface area contributed by atoms with Crippen LogP contribution in [0.5, 0.6) is 5.75 Å². The van der Waals surface area contributed by atoms with E-state index in [1.165, 1.54) is 5.57 Å². The first-order valence-electron chi connectivity index (χ1n) is 6.15. The summed E-state index contributed by atoms with van der Waals surface area (Å²) in [5.74, 6) is 0.816. The molecule has 2 heteroatoms. The number of ether oxygens (including phenoxy) is 1. The van der Waals surface area contributed by atoms with Crippen molar-refractivity contribution in [2.75, 3.05) is 0 Å². The third-order valence-corrected chi connectivity index (χ3v) is 3.38. The number of aliphatic hydroxyl groups excluding tert-OH is 1. The lowest BCUT2D eigenvalue weighted by Crippen LogP contribution is -2.27. The number of benzene rings is 1. The smallest absolute Gasteiger partial charge is 0.126 e. The van der Waals surface area contributed by atoms with Crippen LogP contribution >= 0.6 is 0 Å². The van der Waals surface area contributed by atoms with E-state index in [0.717, 1.165) is 24.2 Å². The molecule has 1 heterocycles. The zero-order chi connectivity index (χ0) is 11.7. The predicted molar refractivity (Wildman–Crippen MR) is 66.9 cm³/mol. The quantitative estimate of drug-likeness (QED) is 0.800. The molecule has 0 bridgehead atoms. The van der Waals surface area contributed by atoms with Crippen molar-refractivity contribution < 1.29 is 9.84 Å². The molecular formula is C15H16O2. The molecule has 3 rings (SSSR count). The Kier molecular flexibility index (Phi) is 2.73. The fourth-order valence-electron chi connectivity index (χ4n) is 2.47. The lowest BCUT2D eigenvalue weighted by atomic mass is 9.92. The Labute approximate surface area is 101 Å².